The van der Waals surface area contributed by atoms with Gasteiger partial charge in [0.15, 0.2) is 0 Å². The van der Waals surface area contributed by atoms with Crippen LogP contribution in [0.25, 0.3) is 11.3 Å². The van der Waals surface area contributed by atoms with E-state index in [1.54, 1.807) is 6.07 Å². The van der Waals surface area contributed by atoms with Crippen molar-refractivity contribution in [3.05, 3.63) is 41.6 Å². The number of amides is 1. The third-order valence-electron chi connectivity index (χ3n) is 2.84. The molecule has 0 saturated carbocycles. The fraction of sp³-hybridized carbons (Fsp3) is 0.333. The van der Waals surface area contributed by atoms with Gasteiger partial charge in [-0.25, -0.2) is 0 Å². The predicted molar refractivity (Wildman–Crippen MR) is 75.9 cm³/mol. The lowest BCUT2D eigenvalue weighted by molar-refractivity contribution is 0.0944. The number of benzene rings is 1. The van der Waals surface area contributed by atoms with E-state index in [4.69, 9.17) is 0 Å². The first-order valence-electron chi connectivity index (χ1n) is 6.47. The molecule has 0 spiro atoms. The highest BCUT2D eigenvalue weighted by molar-refractivity contribution is 5.93. The van der Waals surface area contributed by atoms with Crippen LogP contribution in [0.4, 0.5) is 0 Å². The van der Waals surface area contributed by atoms with E-state index in [-0.39, 0.29) is 5.91 Å². The number of carbonyl (C=O) groups excluding carboxylic acids is 1. The van der Waals surface area contributed by atoms with Gasteiger partial charge in [0, 0.05) is 12.1 Å². The van der Waals surface area contributed by atoms with Crippen LogP contribution in [0, 0.1) is 12.8 Å². The highest BCUT2D eigenvalue weighted by Gasteiger charge is 2.10. The lowest BCUT2D eigenvalue weighted by atomic mass is 10.1. The molecule has 0 aliphatic carbocycles. The molecule has 0 aliphatic rings. The topological polar surface area (TPSA) is 57.8 Å². The number of rotatable bonds is 4. The SMILES string of the molecule is Cc1ccc(-c2cc(C(=O)NCC(C)C)[nH]n2)cc1. The summed E-state index contributed by atoms with van der Waals surface area (Å²) in [6, 6.07) is 9.84. The van der Waals surface area contributed by atoms with Crippen molar-refractivity contribution in [2.45, 2.75) is 20.8 Å². The van der Waals surface area contributed by atoms with Gasteiger partial charge < -0.3 is 5.32 Å². The molecule has 2 aromatic rings. The minimum atomic E-state index is -0.112. The minimum Gasteiger partial charge on any atom is -0.350 e. The molecule has 4 nitrogen and oxygen atoms in total. The van der Waals surface area contributed by atoms with E-state index in [1.165, 1.54) is 5.56 Å². The second-order valence-corrected chi connectivity index (χ2v) is 5.14. The van der Waals surface area contributed by atoms with Crippen molar-refractivity contribution < 1.29 is 4.79 Å². The maximum Gasteiger partial charge on any atom is 0.269 e. The fourth-order valence-electron chi connectivity index (χ4n) is 1.70. The number of carbonyl (C=O) groups is 1. The molecule has 0 unspecified atom stereocenters. The number of nitrogens with zero attached hydrogens (tertiary/aromatic N) is 1. The number of H-pyrrole nitrogens is 1. The molecular formula is C15H19N3O. The van der Waals surface area contributed by atoms with Gasteiger partial charge in [-0.3, -0.25) is 9.89 Å². The third kappa shape index (κ3) is 3.44. The number of aromatic amines is 1. The summed E-state index contributed by atoms with van der Waals surface area (Å²) >= 11 is 0. The van der Waals surface area contributed by atoms with Crippen LogP contribution in [0.5, 0.6) is 0 Å². The molecule has 2 N–H and O–H groups in total. The van der Waals surface area contributed by atoms with E-state index < -0.39 is 0 Å². The summed E-state index contributed by atoms with van der Waals surface area (Å²) in [7, 11) is 0. The molecule has 1 aromatic carbocycles. The van der Waals surface area contributed by atoms with Gasteiger partial charge >= 0.3 is 0 Å². The summed E-state index contributed by atoms with van der Waals surface area (Å²) < 4.78 is 0. The molecule has 1 heterocycles. The Bertz CT molecular complexity index is 555. The Morgan fingerprint density at radius 1 is 1.32 bits per heavy atom. The number of aryl methyl sites for hydroxylation is 1. The average molecular weight is 257 g/mol. The van der Waals surface area contributed by atoms with Crippen molar-refractivity contribution in [2.24, 2.45) is 5.92 Å². The molecule has 0 saturated heterocycles. The molecule has 0 aliphatic heterocycles. The molecule has 1 amide bonds. The Labute approximate surface area is 113 Å². The average Bonchev–Trinajstić information content (AvgIpc) is 2.86. The van der Waals surface area contributed by atoms with Gasteiger partial charge in [0.2, 0.25) is 0 Å². The van der Waals surface area contributed by atoms with E-state index in [1.807, 2.05) is 31.2 Å². The lowest BCUT2D eigenvalue weighted by Crippen LogP contribution is -2.27. The second kappa shape index (κ2) is 5.69. The smallest absolute Gasteiger partial charge is 0.269 e. The van der Waals surface area contributed by atoms with Crippen LogP contribution < -0.4 is 5.32 Å². The van der Waals surface area contributed by atoms with Crippen LogP contribution in [0.15, 0.2) is 30.3 Å². The highest BCUT2D eigenvalue weighted by atomic mass is 16.1. The first kappa shape index (κ1) is 13.3. The normalized spacial score (nSPS) is 10.7. The van der Waals surface area contributed by atoms with Crippen LogP contribution in [0.2, 0.25) is 0 Å². The van der Waals surface area contributed by atoms with Crippen molar-refractivity contribution in [2.75, 3.05) is 6.54 Å². The zero-order valence-electron chi connectivity index (χ0n) is 11.5. The monoisotopic (exact) mass is 257 g/mol. The summed E-state index contributed by atoms with van der Waals surface area (Å²) in [4.78, 5) is 11.9. The van der Waals surface area contributed by atoms with E-state index >= 15 is 0 Å². The zero-order chi connectivity index (χ0) is 13.8. The maximum atomic E-state index is 11.9. The summed E-state index contributed by atoms with van der Waals surface area (Å²) in [6.45, 7) is 6.83. The summed E-state index contributed by atoms with van der Waals surface area (Å²) in [5, 5.41) is 9.82. The third-order valence-corrected chi connectivity index (χ3v) is 2.84. The van der Waals surface area contributed by atoms with Crippen LogP contribution in [-0.4, -0.2) is 22.6 Å². The molecule has 2 rings (SSSR count). The first-order valence-corrected chi connectivity index (χ1v) is 6.47. The molecule has 0 radical (unpaired) electrons. The Kier molecular flexibility index (Phi) is 4.00. The van der Waals surface area contributed by atoms with Gasteiger partial charge in [0.1, 0.15) is 5.69 Å². The lowest BCUT2D eigenvalue weighted by Gasteiger charge is -2.05. The molecule has 0 atom stereocenters. The van der Waals surface area contributed by atoms with Crippen molar-refractivity contribution >= 4 is 5.91 Å². The van der Waals surface area contributed by atoms with Gasteiger partial charge in [-0.2, -0.15) is 5.10 Å². The Morgan fingerprint density at radius 2 is 2.00 bits per heavy atom. The van der Waals surface area contributed by atoms with Crippen LogP contribution in [0.3, 0.4) is 0 Å². The number of hydrogen-bond donors (Lipinski definition) is 2. The maximum absolute atomic E-state index is 11.9. The molecule has 100 valence electrons. The highest BCUT2D eigenvalue weighted by Crippen LogP contribution is 2.18. The first-order chi connectivity index (χ1) is 9.06. The number of nitrogens with one attached hydrogen (secondary N) is 2. The Hall–Kier alpha value is -2.10. The van der Waals surface area contributed by atoms with Gasteiger partial charge in [0.25, 0.3) is 5.91 Å². The quantitative estimate of drug-likeness (QED) is 0.884. The molecular weight excluding hydrogens is 238 g/mol. The summed E-state index contributed by atoms with van der Waals surface area (Å²) in [5.74, 6) is 0.322. The molecule has 0 fully saturated rings. The van der Waals surface area contributed by atoms with Crippen LogP contribution in [-0.2, 0) is 0 Å². The van der Waals surface area contributed by atoms with E-state index in [9.17, 15) is 4.79 Å². The summed E-state index contributed by atoms with van der Waals surface area (Å²) in [6.07, 6.45) is 0. The number of aromatic nitrogens is 2. The van der Waals surface area contributed by atoms with E-state index in [0.717, 1.165) is 11.3 Å². The van der Waals surface area contributed by atoms with Crippen molar-refractivity contribution in [1.29, 1.82) is 0 Å². The molecule has 19 heavy (non-hydrogen) atoms. The number of hydrogen-bond acceptors (Lipinski definition) is 2. The molecule has 1 aromatic heterocycles. The van der Waals surface area contributed by atoms with E-state index in [0.29, 0.717) is 18.2 Å². The van der Waals surface area contributed by atoms with E-state index in [2.05, 4.69) is 29.4 Å². The van der Waals surface area contributed by atoms with Gasteiger partial charge in [-0.1, -0.05) is 43.7 Å². The van der Waals surface area contributed by atoms with Crippen LogP contribution in [0.1, 0.15) is 29.9 Å². The second-order valence-electron chi connectivity index (χ2n) is 5.14. The van der Waals surface area contributed by atoms with Crippen molar-refractivity contribution in [1.82, 2.24) is 15.5 Å². The van der Waals surface area contributed by atoms with Crippen molar-refractivity contribution in [3.63, 3.8) is 0 Å². The summed E-state index contributed by atoms with van der Waals surface area (Å²) in [5.41, 5.74) is 3.49. The zero-order valence-corrected chi connectivity index (χ0v) is 11.5. The molecule has 4 heteroatoms. The Morgan fingerprint density at radius 3 is 2.63 bits per heavy atom. The largest absolute Gasteiger partial charge is 0.350 e. The Balaban J connectivity index is 2.10. The van der Waals surface area contributed by atoms with Gasteiger partial charge in [-0.05, 0) is 18.9 Å². The standard InChI is InChI=1S/C15H19N3O/c1-10(2)9-16-15(19)14-8-13(17-18-14)12-6-4-11(3)5-7-12/h4-8,10H,9H2,1-3H3,(H,16,19)(H,17,18). The molecule has 0 bridgehead atoms. The van der Waals surface area contributed by atoms with Crippen LogP contribution >= 0.6 is 0 Å². The van der Waals surface area contributed by atoms with Gasteiger partial charge in [0.05, 0.1) is 5.69 Å². The fourth-order valence-corrected chi connectivity index (χ4v) is 1.70. The van der Waals surface area contributed by atoms with Gasteiger partial charge in [-0.15, -0.1) is 0 Å². The minimum absolute atomic E-state index is 0.112. The van der Waals surface area contributed by atoms with Crippen molar-refractivity contribution in [3.8, 4) is 11.3 Å². The predicted octanol–water partition coefficient (Wildman–Crippen LogP) is 2.77.